The summed E-state index contributed by atoms with van der Waals surface area (Å²) >= 11 is 0. The fourth-order valence-corrected chi connectivity index (χ4v) is 3.55. The Labute approximate surface area is 173 Å². The summed E-state index contributed by atoms with van der Waals surface area (Å²) < 4.78 is 13.4. The molecule has 1 N–H and O–H groups in total. The molecule has 2 heterocycles. The van der Waals surface area contributed by atoms with Gasteiger partial charge < -0.3 is 20.0 Å². The molecule has 1 aliphatic heterocycles. The van der Waals surface area contributed by atoms with Crippen LogP contribution >= 0.6 is 0 Å². The van der Waals surface area contributed by atoms with Crippen LogP contribution < -0.4 is 10.2 Å². The number of nitrogens with one attached hydrogen (secondary N) is 1. The van der Waals surface area contributed by atoms with Crippen LogP contribution in [0.2, 0.25) is 0 Å². The van der Waals surface area contributed by atoms with Crippen LogP contribution in [0, 0.1) is 5.82 Å². The van der Waals surface area contributed by atoms with E-state index in [0.29, 0.717) is 13.1 Å². The van der Waals surface area contributed by atoms with Crippen LogP contribution in [-0.2, 0) is 13.1 Å². The first kappa shape index (κ1) is 21.0. The minimum Gasteiger partial charge on any atom is -0.354 e. The van der Waals surface area contributed by atoms with Crippen LogP contribution in [0.15, 0.2) is 47.6 Å². The second kappa shape index (κ2) is 10.2. The lowest BCUT2D eigenvalue weighted by Crippen LogP contribution is -2.46. The number of hydrogen-bond donors (Lipinski definition) is 1. The van der Waals surface area contributed by atoms with Crippen molar-refractivity contribution in [3.63, 3.8) is 0 Å². The van der Waals surface area contributed by atoms with E-state index in [-0.39, 0.29) is 5.82 Å². The number of piperazine rings is 1. The maximum absolute atomic E-state index is 13.4. The number of guanidine groups is 1. The summed E-state index contributed by atoms with van der Waals surface area (Å²) in [6.07, 6.45) is 1.92. The molecule has 0 amide bonds. The molecule has 6 nitrogen and oxygen atoms in total. The van der Waals surface area contributed by atoms with Gasteiger partial charge in [0, 0.05) is 59.6 Å². The Kier molecular flexibility index (Phi) is 7.41. The fourth-order valence-electron chi connectivity index (χ4n) is 3.55. The van der Waals surface area contributed by atoms with Gasteiger partial charge in [0.05, 0.1) is 0 Å². The number of benzene rings is 1. The van der Waals surface area contributed by atoms with E-state index in [1.54, 1.807) is 19.2 Å². The van der Waals surface area contributed by atoms with E-state index in [4.69, 9.17) is 0 Å². The number of anilines is 1. The Balaban J connectivity index is 1.51. The average Bonchev–Trinajstić information content (AvgIpc) is 2.75. The second-order valence-electron chi connectivity index (χ2n) is 7.33. The topological polar surface area (TPSA) is 47.0 Å². The molecule has 0 spiro atoms. The predicted octanol–water partition coefficient (Wildman–Crippen LogP) is 2.57. The quantitative estimate of drug-likeness (QED) is 0.599. The summed E-state index contributed by atoms with van der Waals surface area (Å²) in [5.74, 6) is 1.58. The molecule has 156 valence electrons. The van der Waals surface area contributed by atoms with Crippen molar-refractivity contribution < 1.29 is 4.39 Å². The molecule has 0 saturated carbocycles. The highest BCUT2D eigenvalue weighted by atomic mass is 19.1. The number of pyridine rings is 1. The number of hydrogen-bond acceptors (Lipinski definition) is 4. The molecule has 1 aliphatic rings. The lowest BCUT2D eigenvalue weighted by Gasteiger charge is -2.34. The molecule has 0 atom stereocenters. The first-order chi connectivity index (χ1) is 14.1. The molecular weight excluding hydrogens is 367 g/mol. The Bertz CT molecular complexity index is 799. The van der Waals surface area contributed by atoms with Gasteiger partial charge in [-0.15, -0.1) is 0 Å². The molecule has 0 aliphatic carbocycles. The molecule has 7 heteroatoms. The van der Waals surface area contributed by atoms with E-state index in [9.17, 15) is 4.39 Å². The van der Waals surface area contributed by atoms with Crippen molar-refractivity contribution in [3.05, 3.63) is 59.5 Å². The van der Waals surface area contributed by atoms with Gasteiger partial charge in [-0.3, -0.25) is 4.99 Å². The third-order valence-electron chi connectivity index (χ3n) is 5.29. The molecule has 3 rings (SSSR count). The largest absolute Gasteiger partial charge is 0.354 e. The zero-order chi connectivity index (χ0) is 20.6. The fraction of sp³-hybridized carbons (Fsp3) is 0.455. The van der Waals surface area contributed by atoms with Crippen LogP contribution in [0.25, 0.3) is 0 Å². The summed E-state index contributed by atoms with van der Waals surface area (Å²) in [6.45, 7) is 8.77. The Morgan fingerprint density at radius 3 is 2.59 bits per heavy atom. The second-order valence-corrected chi connectivity index (χ2v) is 7.33. The van der Waals surface area contributed by atoms with E-state index in [2.05, 4.69) is 44.1 Å². The number of aromatic nitrogens is 1. The van der Waals surface area contributed by atoms with Gasteiger partial charge >= 0.3 is 0 Å². The van der Waals surface area contributed by atoms with E-state index >= 15 is 0 Å². The number of rotatable bonds is 6. The SMILES string of the molecule is CCN1CCN(c2ccc(CNC(=NC)N(C)Cc3cccc(F)c3)cn2)CC1. The highest BCUT2D eigenvalue weighted by Gasteiger charge is 2.16. The molecule has 29 heavy (non-hydrogen) atoms. The highest BCUT2D eigenvalue weighted by Crippen LogP contribution is 2.14. The van der Waals surface area contributed by atoms with Crippen molar-refractivity contribution in [3.8, 4) is 0 Å². The third kappa shape index (κ3) is 5.90. The summed E-state index contributed by atoms with van der Waals surface area (Å²) in [7, 11) is 3.69. The summed E-state index contributed by atoms with van der Waals surface area (Å²) in [6, 6.07) is 10.8. The first-order valence-electron chi connectivity index (χ1n) is 10.2. The van der Waals surface area contributed by atoms with Crippen molar-refractivity contribution in [2.45, 2.75) is 20.0 Å². The van der Waals surface area contributed by atoms with Crippen molar-refractivity contribution >= 4 is 11.8 Å². The van der Waals surface area contributed by atoms with Crippen molar-refractivity contribution in [1.82, 2.24) is 20.1 Å². The van der Waals surface area contributed by atoms with Gasteiger partial charge in [-0.05, 0) is 35.9 Å². The molecule has 1 fully saturated rings. The van der Waals surface area contributed by atoms with Crippen molar-refractivity contribution in [1.29, 1.82) is 0 Å². The monoisotopic (exact) mass is 398 g/mol. The van der Waals surface area contributed by atoms with Gasteiger partial charge in [0.15, 0.2) is 5.96 Å². The number of likely N-dealkylation sites (N-methyl/N-ethyl adjacent to an activating group) is 1. The Morgan fingerprint density at radius 1 is 1.17 bits per heavy atom. The number of aliphatic imine (C=N–C) groups is 1. The maximum atomic E-state index is 13.4. The van der Waals surface area contributed by atoms with Gasteiger partial charge in [0.2, 0.25) is 0 Å². The van der Waals surface area contributed by atoms with Crippen molar-refractivity contribution in [2.24, 2.45) is 4.99 Å². The minimum absolute atomic E-state index is 0.221. The van der Waals surface area contributed by atoms with E-state index in [1.807, 2.05) is 24.2 Å². The molecule has 1 aromatic heterocycles. The third-order valence-corrected chi connectivity index (χ3v) is 5.29. The van der Waals surface area contributed by atoms with E-state index < -0.39 is 0 Å². The molecule has 0 radical (unpaired) electrons. The van der Waals surface area contributed by atoms with Gasteiger partial charge in [-0.2, -0.15) is 0 Å². The molecule has 1 saturated heterocycles. The highest BCUT2D eigenvalue weighted by molar-refractivity contribution is 5.79. The zero-order valence-electron chi connectivity index (χ0n) is 17.6. The molecule has 0 bridgehead atoms. The zero-order valence-corrected chi connectivity index (χ0v) is 17.6. The maximum Gasteiger partial charge on any atom is 0.193 e. The molecule has 2 aromatic rings. The standard InChI is InChI=1S/C22H31FN6/c1-4-28-10-12-29(13-11-28)21-9-8-19(15-25-21)16-26-22(24-2)27(3)17-18-6-5-7-20(23)14-18/h5-9,14-15H,4,10-13,16-17H2,1-3H3,(H,24,26). The van der Waals surface area contributed by atoms with Gasteiger partial charge in [0.1, 0.15) is 11.6 Å². The smallest absolute Gasteiger partial charge is 0.193 e. The summed E-state index contributed by atoms with van der Waals surface area (Å²) in [5, 5.41) is 3.35. The number of nitrogens with zero attached hydrogens (tertiary/aromatic N) is 5. The van der Waals surface area contributed by atoms with Gasteiger partial charge in [-0.1, -0.05) is 25.1 Å². The molecular formula is C22H31FN6. The lowest BCUT2D eigenvalue weighted by molar-refractivity contribution is 0.270. The number of halogens is 1. The Morgan fingerprint density at radius 2 is 1.97 bits per heavy atom. The van der Waals surface area contributed by atoms with Gasteiger partial charge in [-0.25, -0.2) is 9.37 Å². The lowest BCUT2D eigenvalue weighted by atomic mass is 10.2. The molecule has 0 unspecified atom stereocenters. The summed E-state index contributed by atoms with van der Waals surface area (Å²) in [4.78, 5) is 15.8. The minimum atomic E-state index is -0.221. The van der Waals surface area contributed by atoms with Crippen LogP contribution in [0.4, 0.5) is 10.2 Å². The molecule has 1 aromatic carbocycles. The van der Waals surface area contributed by atoms with E-state index in [0.717, 1.165) is 55.6 Å². The van der Waals surface area contributed by atoms with Crippen LogP contribution in [0.1, 0.15) is 18.1 Å². The normalized spacial score (nSPS) is 15.4. The first-order valence-corrected chi connectivity index (χ1v) is 10.2. The van der Waals surface area contributed by atoms with Crippen molar-refractivity contribution in [2.75, 3.05) is 51.7 Å². The van der Waals surface area contributed by atoms with Gasteiger partial charge in [0.25, 0.3) is 0 Å². The van der Waals surface area contributed by atoms with E-state index in [1.165, 1.54) is 6.07 Å². The Hall–Kier alpha value is -2.67. The average molecular weight is 399 g/mol. The van der Waals surface area contributed by atoms with Crippen LogP contribution in [-0.4, -0.2) is 67.6 Å². The van der Waals surface area contributed by atoms with Crippen LogP contribution in [0.3, 0.4) is 0 Å². The predicted molar refractivity (Wildman–Crippen MR) is 117 cm³/mol. The van der Waals surface area contributed by atoms with Crippen LogP contribution in [0.5, 0.6) is 0 Å². The summed E-state index contributed by atoms with van der Waals surface area (Å²) in [5.41, 5.74) is 2.01.